The van der Waals surface area contributed by atoms with Gasteiger partial charge in [0.15, 0.2) is 0 Å². The van der Waals surface area contributed by atoms with E-state index in [2.05, 4.69) is 32.6 Å². The van der Waals surface area contributed by atoms with Gasteiger partial charge < -0.3 is 14.0 Å². The predicted molar refractivity (Wildman–Crippen MR) is 124 cm³/mol. The third-order valence-electron chi connectivity index (χ3n) is 6.13. The molecule has 0 saturated carbocycles. The van der Waals surface area contributed by atoms with Crippen molar-refractivity contribution in [3.63, 3.8) is 0 Å². The molecule has 0 unspecified atom stereocenters. The lowest BCUT2D eigenvalue weighted by molar-refractivity contribution is 0.0710. The first kappa shape index (κ1) is 19.8. The number of para-hydroxylation sites is 1. The lowest BCUT2D eigenvalue weighted by atomic mass is 9.95. The SMILES string of the molecule is O=C(c1ccccc1-n1cccc1)N1CCC(c2nccn2CCc2ccsc2)CC1. The molecule has 1 aliphatic rings. The van der Waals surface area contributed by atoms with Gasteiger partial charge >= 0.3 is 0 Å². The maximum atomic E-state index is 13.3. The lowest BCUT2D eigenvalue weighted by Crippen LogP contribution is -2.38. The second-order valence-electron chi connectivity index (χ2n) is 8.03. The summed E-state index contributed by atoms with van der Waals surface area (Å²) < 4.78 is 4.30. The van der Waals surface area contributed by atoms with Crippen molar-refractivity contribution < 1.29 is 4.79 Å². The summed E-state index contributed by atoms with van der Waals surface area (Å²) in [6.07, 6.45) is 10.9. The van der Waals surface area contributed by atoms with E-state index in [0.29, 0.717) is 5.92 Å². The molecule has 0 atom stereocenters. The van der Waals surface area contributed by atoms with Crippen molar-refractivity contribution in [2.45, 2.75) is 31.7 Å². The van der Waals surface area contributed by atoms with E-state index in [9.17, 15) is 4.79 Å². The molecule has 4 aromatic rings. The van der Waals surface area contributed by atoms with Crippen LogP contribution in [0.15, 0.2) is 78.0 Å². The molecule has 31 heavy (non-hydrogen) atoms. The van der Waals surface area contributed by atoms with Crippen molar-refractivity contribution in [2.24, 2.45) is 0 Å². The number of imidazole rings is 1. The Morgan fingerprint density at radius 1 is 1.03 bits per heavy atom. The molecular weight excluding hydrogens is 404 g/mol. The van der Waals surface area contributed by atoms with Crippen LogP contribution in [0.4, 0.5) is 0 Å². The number of hydrogen-bond donors (Lipinski definition) is 0. The van der Waals surface area contributed by atoms with Gasteiger partial charge in [-0.1, -0.05) is 12.1 Å². The Kier molecular flexibility index (Phi) is 5.71. The zero-order valence-corrected chi connectivity index (χ0v) is 18.2. The molecule has 6 heteroatoms. The topological polar surface area (TPSA) is 43.1 Å². The lowest BCUT2D eigenvalue weighted by Gasteiger charge is -2.32. The highest BCUT2D eigenvalue weighted by Gasteiger charge is 2.28. The second-order valence-corrected chi connectivity index (χ2v) is 8.81. The third kappa shape index (κ3) is 4.21. The summed E-state index contributed by atoms with van der Waals surface area (Å²) in [4.78, 5) is 20.0. The number of amides is 1. The zero-order chi connectivity index (χ0) is 21.0. The fraction of sp³-hybridized carbons (Fsp3) is 0.280. The van der Waals surface area contributed by atoms with Crippen LogP contribution in [0.2, 0.25) is 0 Å². The highest BCUT2D eigenvalue weighted by molar-refractivity contribution is 7.07. The minimum absolute atomic E-state index is 0.114. The molecule has 3 aromatic heterocycles. The van der Waals surface area contributed by atoms with Crippen molar-refractivity contribution >= 4 is 17.2 Å². The minimum Gasteiger partial charge on any atom is -0.339 e. The van der Waals surface area contributed by atoms with E-state index in [1.54, 1.807) is 11.3 Å². The number of hydrogen-bond acceptors (Lipinski definition) is 3. The number of nitrogens with zero attached hydrogens (tertiary/aromatic N) is 4. The van der Waals surface area contributed by atoms with E-state index in [4.69, 9.17) is 0 Å². The van der Waals surface area contributed by atoms with E-state index < -0.39 is 0 Å². The van der Waals surface area contributed by atoms with Crippen LogP contribution in [0, 0.1) is 0 Å². The van der Waals surface area contributed by atoms with Crippen LogP contribution in [0.1, 0.15) is 40.5 Å². The monoisotopic (exact) mass is 430 g/mol. The van der Waals surface area contributed by atoms with Crippen LogP contribution >= 0.6 is 11.3 Å². The Bertz CT molecular complexity index is 1120. The van der Waals surface area contributed by atoms with Crippen molar-refractivity contribution in [3.8, 4) is 5.69 Å². The van der Waals surface area contributed by atoms with Gasteiger partial charge in [0, 0.05) is 50.3 Å². The number of rotatable bonds is 6. The normalized spacial score (nSPS) is 14.8. The van der Waals surface area contributed by atoms with Gasteiger partial charge in [-0.15, -0.1) is 0 Å². The first-order valence-electron chi connectivity index (χ1n) is 10.8. The Morgan fingerprint density at radius 3 is 2.61 bits per heavy atom. The number of benzene rings is 1. The summed E-state index contributed by atoms with van der Waals surface area (Å²) >= 11 is 1.75. The molecule has 1 aromatic carbocycles. The highest BCUT2D eigenvalue weighted by Crippen LogP contribution is 2.29. The number of aromatic nitrogens is 3. The number of piperidine rings is 1. The summed E-state index contributed by atoms with van der Waals surface area (Å²) in [5, 5.41) is 4.34. The van der Waals surface area contributed by atoms with Crippen LogP contribution < -0.4 is 0 Å². The van der Waals surface area contributed by atoms with E-state index in [-0.39, 0.29) is 5.91 Å². The smallest absolute Gasteiger partial charge is 0.255 e. The first-order valence-corrected chi connectivity index (χ1v) is 11.8. The quantitative estimate of drug-likeness (QED) is 0.432. The van der Waals surface area contributed by atoms with E-state index in [1.165, 1.54) is 5.56 Å². The predicted octanol–water partition coefficient (Wildman–Crippen LogP) is 5.00. The second kappa shape index (κ2) is 8.94. The molecule has 0 N–H and O–H groups in total. The molecule has 1 amide bonds. The first-order chi connectivity index (χ1) is 15.3. The highest BCUT2D eigenvalue weighted by atomic mass is 32.1. The fourth-order valence-electron chi connectivity index (χ4n) is 4.44. The fourth-order valence-corrected chi connectivity index (χ4v) is 5.14. The van der Waals surface area contributed by atoms with Crippen molar-refractivity contribution in [1.82, 2.24) is 19.0 Å². The van der Waals surface area contributed by atoms with Crippen LogP contribution in [0.3, 0.4) is 0 Å². The molecule has 5 rings (SSSR count). The molecule has 0 bridgehead atoms. The number of likely N-dealkylation sites (tertiary alicyclic amines) is 1. The average molecular weight is 431 g/mol. The number of thiophene rings is 1. The summed E-state index contributed by atoms with van der Waals surface area (Å²) in [6.45, 7) is 2.48. The molecule has 1 aliphatic heterocycles. The number of aryl methyl sites for hydroxylation is 2. The molecule has 0 aliphatic carbocycles. The van der Waals surface area contributed by atoms with E-state index in [0.717, 1.165) is 56.0 Å². The van der Waals surface area contributed by atoms with Gasteiger partial charge in [0.05, 0.1) is 11.3 Å². The Hall–Kier alpha value is -3.12. The van der Waals surface area contributed by atoms with Crippen molar-refractivity contribution in [1.29, 1.82) is 0 Å². The van der Waals surface area contributed by atoms with E-state index >= 15 is 0 Å². The van der Waals surface area contributed by atoms with Crippen LogP contribution in [0.25, 0.3) is 5.69 Å². The number of carbonyl (C=O) groups is 1. The van der Waals surface area contributed by atoms with Gasteiger partial charge in [0.1, 0.15) is 5.82 Å². The summed E-state index contributed by atoms with van der Waals surface area (Å²) in [6, 6.07) is 14.0. The summed E-state index contributed by atoms with van der Waals surface area (Å²) in [7, 11) is 0. The molecule has 1 fully saturated rings. The minimum atomic E-state index is 0.114. The maximum Gasteiger partial charge on any atom is 0.255 e. The van der Waals surface area contributed by atoms with Gasteiger partial charge in [0.25, 0.3) is 5.91 Å². The molecule has 4 heterocycles. The summed E-state index contributed by atoms with van der Waals surface area (Å²) in [5.41, 5.74) is 3.07. The van der Waals surface area contributed by atoms with Gasteiger partial charge in [-0.2, -0.15) is 11.3 Å². The Labute approximate surface area is 186 Å². The van der Waals surface area contributed by atoms with Crippen molar-refractivity contribution in [2.75, 3.05) is 13.1 Å². The largest absolute Gasteiger partial charge is 0.339 e. The molecule has 0 spiro atoms. The van der Waals surface area contributed by atoms with Crippen LogP contribution in [-0.4, -0.2) is 38.0 Å². The molecule has 1 saturated heterocycles. The summed E-state index contributed by atoms with van der Waals surface area (Å²) in [5.74, 6) is 1.68. The molecular formula is C25H26N4OS. The van der Waals surface area contributed by atoms with Gasteiger partial charge in [0.2, 0.25) is 0 Å². The third-order valence-corrected chi connectivity index (χ3v) is 6.87. The van der Waals surface area contributed by atoms with Gasteiger partial charge in [-0.05, 0) is 65.9 Å². The molecule has 158 valence electrons. The standard InChI is InChI=1S/C25H26N4OS/c30-25(22-5-1-2-6-23(22)27-12-3-4-13-27)29-15-8-21(9-16-29)24-26-11-17-28(24)14-7-20-10-18-31-19-20/h1-6,10-13,17-19,21H,7-9,14-16H2. The zero-order valence-electron chi connectivity index (χ0n) is 17.4. The van der Waals surface area contributed by atoms with Crippen LogP contribution in [0.5, 0.6) is 0 Å². The maximum absolute atomic E-state index is 13.3. The number of carbonyl (C=O) groups excluding carboxylic acids is 1. The van der Waals surface area contributed by atoms with Crippen molar-refractivity contribution in [3.05, 3.63) is 95.0 Å². The molecule has 0 radical (unpaired) electrons. The van der Waals surface area contributed by atoms with Gasteiger partial charge in [-0.3, -0.25) is 4.79 Å². The van der Waals surface area contributed by atoms with Crippen LogP contribution in [-0.2, 0) is 13.0 Å². The van der Waals surface area contributed by atoms with E-state index in [1.807, 2.05) is 64.5 Å². The Morgan fingerprint density at radius 2 is 1.84 bits per heavy atom. The molecule has 5 nitrogen and oxygen atoms in total. The average Bonchev–Trinajstić information content (AvgIpc) is 3.60. The Balaban J connectivity index is 1.25. The van der Waals surface area contributed by atoms with Gasteiger partial charge in [-0.25, -0.2) is 4.98 Å².